The number of nitrogens with one attached hydrogen (secondary N) is 1. The van der Waals surface area contributed by atoms with Gasteiger partial charge in [-0.3, -0.25) is 4.79 Å². The number of sulfonamides is 1. The van der Waals surface area contributed by atoms with Gasteiger partial charge >= 0.3 is 0 Å². The van der Waals surface area contributed by atoms with E-state index in [2.05, 4.69) is 15.5 Å². The van der Waals surface area contributed by atoms with Crippen molar-refractivity contribution in [2.75, 3.05) is 25.5 Å². The number of carbonyl (C=O) groups is 1. The molecule has 164 valence electrons. The topological polar surface area (TPSA) is 106 Å². The van der Waals surface area contributed by atoms with E-state index in [0.717, 1.165) is 5.69 Å². The summed E-state index contributed by atoms with van der Waals surface area (Å²) in [5.74, 6) is -0.185. The Bertz CT molecular complexity index is 1170. The van der Waals surface area contributed by atoms with Gasteiger partial charge in [0.25, 0.3) is 5.91 Å². The number of aromatic nitrogens is 3. The first kappa shape index (κ1) is 22.4. The molecule has 2 aromatic carbocycles. The standard InChI is InChI=1S/C21H25N5O4S/c1-5-25(6-2)31(28,29)17-12-13-19(30-4)18(14-17)22-21(27)20-15(3)23-26(24-20)16-10-8-7-9-11-16/h7-14H,5-6H2,1-4H3,(H,22,27). The lowest BCUT2D eigenvalue weighted by atomic mass is 10.2. The van der Waals surface area contributed by atoms with Gasteiger partial charge in [-0.2, -0.15) is 14.2 Å². The molecule has 0 aliphatic rings. The second-order valence-electron chi connectivity index (χ2n) is 6.66. The largest absolute Gasteiger partial charge is 0.495 e. The predicted octanol–water partition coefficient (Wildman–Crippen LogP) is 2.87. The van der Waals surface area contributed by atoms with Crippen LogP contribution in [0.25, 0.3) is 5.69 Å². The van der Waals surface area contributed by atoms with Gasteiger partial charge in [0.05, 0.1) is 29.1 Å². The normalized spacial score (nSPS) is 11.5. The zero-order chi connectivity index (χ0) is 22.6. The SMILES string of the molecule is CCN(CC)S(=O)(=O)c1ccc(OC)c(NC(=O)c2nn(-c3ccccc3)nc2C)c1. The number of anilines is 1. The minimum absolute atomic E-state index is 0.0666. The van der Waals surface area contributed by atoms with Crippen LogP contribution >= 0.6 is 0 Å². The third-order valence-electron chi connectivity index (χ3n) is 4.75. The van der Waals surface area contributed by atoms with Gasteiger partial charge in [-0.25, -0.2) is 8.42 Å². The minimum Gasteiger partial charge on any atom is -0.495 e. The lowest BCUT2D eigenvalue weighted by Crippen LogP contribution is -2.30. The molecule has 0 saturated heterocycles. The molecule has 0 aliphatic carbocycles. The van der Waals surface area contributed by atoms with Crippen molar-refractivity contribution < 1.29 is 17.9 Å². The van der Waals surface area contributed by atoms with Crippen molar-refractivity contribution in [3.8, 4) is 11.4 Å². The van der Waals surface area contributed by atoms with Gasteiger partial charge in [-0.05, 0) is 37.3 Å². The quantitative estimate of drug-likeness (QED) is 0.574. The first-order valence-electron chi connectivity index (χ1n) is 9.80. The maximum atomic E-state index is 12.9. The molecule has 0 atom stereocenters. The van der Waals surface area contributed by atoms with E-state index in [-0.39, 0.29) is 16.3 Å². The zero-order valence-corrected chi connectivity index (χ0v) is 18.7. The molecule has 0 saturated carbocycles. The fourth-order valence-corrected chi connectivity index (χ4v) is 4.59. The average Bonchev–Trinajstić information content (AvgIpc) is 3.16. The number of nitrogens with zero attached hydrogens (tertiary/aromatic N) is 4. The van der Waals surface area contributed by atoms with Crippen LogP contribution in [0.1, 0.15) is 30.0 Å². The molecular weight excluding hydrogens is 418 g/mol. The smallest absolute Gasteiger partial charge is 0.278 e. The van der Waals surface area contributed by atoms with Crippen LogP contribution in [-0.4, -0.2) is 53.8 Å². The number of rotatable bonds is 8. The molecule has 1 heterocycles. The predicted molar refractivity (Wildman–Crippen MR) is 117 cm³/mol. The van der Waals surface area contributed by atoms with Crippen molar-refractivity contribution in [1.82, 2.24) is 19.3 Å². The molecule has 1 aromatic heterocycles. The molecular formula is C21H25N5O4S. The van der Waals surface area contributed by atoms with E-state index in [9.17, 15) is 13.2 Å². The molecule has 9 nitrogen and oxygen atoms in total. The Morgan fingerprint density at radius 2 is 1.77 bits per heavy atom. The molecule has 0 radical (unpaired) electrons. The van der Waals surface area contributed by atoms with Crippen molar-refractivity contribution in [3.63, 3.8) is 0 Å². The Hall–Kier alpha value is -3.24. The number of para-hydroxylation sites is 1. The van der Waals surface area contributed by atoms with E-state index in [0.29, 0.717) is 24.5 Å². The molecule has 1 N–H and O–H groups in total. The van der Waals surface area contributed by atoms with Crippen LogP contribution in [0, 0.1) is 6.92 Å². The van der Waals surface area contributed by atoms with Crippen molar-refractivity contribution in [2.45, 2.75) is 25.7 Å². The summed E-state index contributed by atoms with van der Waals surface area (Å²) < 4.78 is 32.4. The summed E-state index contributed by atoms with van der Waals surface area (Å²) >= 11 is 0. The number of ether oxygens (including phenoxy) is 1. The Labute approximate surface area is 181 Å². The minimum atomic E-state index is -3.69. The Morgan fingerprint density at radius 3 is 2.39 bits per heavy atom. The third-order valence-corrected chi connectivity index (χ3v) is 6.79. The summed E-state index contributed by atoms with van der Waals surface area (Å²) in [6.07, 6.45) is 0. The van der Waals surface area contributed by atoms with Crippen molar-refractivity contribution >= 4 is 21.6 Å². The Balaban J connectivity index is 1.94. The highest BCUT2D eigenvalue weighted by Crippen LogP contribution is 2.29. The number of aryl methyl sites for hydroxylation is 1. The van der Waals surface area contributed by atoms with Gasteiger partial charge in [0.1, 0.15) is 5.75 Å². The summed E-state index contributed by atoms with van der Waals surface area (Å²) in [6.45, 7) is 5.90. The third kappa shape index (κ3) is 4.59. The van der Waals surface area contributed by atoms with Crippen LogP contribution in [0.2, 0.25) is 0 Å². The van der Waals surface area contributed by atoms with Gasteiger partial charge < -0.3 is 10.1 Å². The molecule has 0 bridgehead atoms. The number of benzene rings is 2. The van der Waals surface area contributed by atoms with Gasteiger partial charge in [0.2, 0.25) is 10.0 Å². The maximum Gasteiger partial charge on any atom is 0.278 e. The Kier molecular flexibility index (Phi) is 6.71. The maximum absolute atomic E-state index is 12.9. The lowest BCUT2D eigenvalue weighted by Gasteiger charge is -2.19. The molecule has 3 aromatic rings. The van der Waals surface area contributed by atoms with Crippen LogP contribution < -0.4 is 10.1 Å². The van der Waals surface area contributed by atoms with Crippen molar-refractivity contribution in [3.05, 3.63) is 59.9 Å². The molecule has 0 spiro atoms. The molecule has 31 heavy (non-hydrogen) atoms. The van der Waals surface area contributed by atoms with Crippen LogP contribution in [-0.2, 0) is 10.0 Å². The van der Waals surface area contributed by atoms with E-state index in [1.165, 1.54) is 34.4 Å². The van der Waals surface area contributed by atoms with E-state index < -0.39 is 15.9 Å². The average molecular weight is 444 g/mol. The van der Waals surface area contributed by atoms with E-state index in [1.807, 2.05) is 30.3 Å². The second-order valence-corrected chi connectivity index (χ2v) is 8.60. The fourth-order valence-electron chi connectivity index (χ4n) is 3.10. The number of amides is 1. The molecule has 0 fully saturated rings. The van der Waals surface area contributed by atoms with Crippen molar-refractivity contribution in [1.29, 1.82) is 0 Å². The summed E-state index contributed by atoms with van der Waals surface area (Å²) in [5, 5.41) is 11.3. The molecule has 0 unspecified atom stereocenters. The number of carbonyl (C=O) groups excluding carboxylic acids is 1. The number of hydrogen-bond donors (Lipinski definition) is 1. The molecule has 3 rings (SSSR count). The van der Waals surface area contributed by atoms with Crippen LogP contribution in [0.4, 0.5) is 5.69 Å². The Morgan fingerprint density at radius 1 is 1.10 bits per heavy atom. The van der Waals surface area contributed by atoms with E-state index in [1.54, 1.807) is 20.8 Å². The monoisotopic (exact) mass is 443 g/mol. The van der Waals surface area contributed by atoms with Crippen LogP contribution in [0.5, 0.6) is 5.75 Å². The van der Waals surface area contributed by atoms with Gasteiger partial charge in [0.15, 0.2) is 5.69 Å². The van der Waals surface area contributed by atoms with Crippen LogP contribution in [0.15, 0.2) is 53.4 Å². The number of methoxy groups -OCH3 is 1. The van der Waals surface area contributed by atoms with Gasteiger partial charge in [-0.1, -0.05) is 32.0 Å². The highest BCUT2D eigenvalue weighted by atomic mass is 32.2. The highest BCUT2D eigenvalue weighted by molar-refractivity contribution is 7.89. The zero-order valence-electron chi connectivity index (χ0n) is 17.9. The molecule has 10 heteroatoms. The summed E-state index contributed by atoms with van der Waals surface area (Å²) in [6, 6.07) is 13.6. The fraction of sp³-hybridized carbons (Fsp3) is 0.286. The van der Waals surface area contributed by atoms with Gasteiger partial charge in [-0.15, -0.1) is 5.10 Å². The van der Waals surface area contributed by atoms with Crippen LogP contribution in [0.3, 0.4) is 0 Å². The first-order valence-corrected chi connectivity index (χ1v) is 11.2. The summed E-state index contributed by atoms with van der Waals surface area (Å²) in [4.78, 5) is 14.4. The first-order chi connectivity index (χ1) is 14.8. The summed E-state index contributed by atoms with van der Waals surface area (Å²) in [7, 11) is -2.25. The second kappa shape index (κ2) is 9.27. The van der Waals surface area contributed by atoms with E-state index >= 15 is 0 Å². The molecule has 0 aliphatic heterocycles. The lowest BCUT2D eigenvalue weighted by molar-refractivity contribution is 0.102. The van der Waals surface area contributed by atoms with Crippen molar-refractivity contribution in [2.24, 2.45) is 0 Å². The van der Waals surface area contributed by atoms with Gasteiger partial charge in [0, 0.05) is 13.1 Å². The van der Waals surface area contributed by atoms with E-state index in [4.69, 9.17) is 4.74 Å². The number of hydrogen-bond acceptors (Lipinski definition) is 6. The highest BCUT2D eigenvalue weighted by Gasteiger charge is 2.24. The summed E-state index contributed by atoms with van der Waals surface area (Å²) in [5.41, 5.74) is 1.51. The molecule has 1 amide bonds.